The molecule has 68 valence electrons. The predicted octanol–water partition coefficient (Wildman–Crippen LogP) is -0.480. The van der Waals surface area contributed by atoms with Crippen molar-refractivity contribution in [3.8, 4) is 0 Å². The van der Waals surface area contributed by atoms with Crippen molar-refractivity contribution in [2.45, 2.75) is 13.0 Å². The zero-order chi connectivity index (χ0) is 9.14. The number of morpholine rings is 1. The van der Waals surface area contributed by atoms with E-state index < -0.39 is 0 Å². The Hall–Kier alpha value is -0.680. The second-order valence-corrected chi connectivity index (χ2v) is 3.20. The van der Waals surface area contributed by atoms with Crippen LogP contribution in [0.5, 0.6) is 0 Å². The highest BCUT2D eigenvalue weighted by Crippen LogP contribution is 2.05. The van der Waals surface area contributed by atoms with Crippen LogP contribution in [0, 0.1) is 0 Å². The molecule has 0 aliphatic carbocycles. The van der Waals surface area contributed by atoms with Gasteiger partial charge < -0.3 is 15.4 Å². The number of hydrogen-bond donors (Lipinski definition) is 1. The summed E-state index contributed by atoms with van der Waals surface area (Å²) in [7, 11) is 0. The normalized spacial score (nSPS) is 23.8. The first kappa shape index (κ1) is 9.41. The van der Waals surface area contributed by atoms with Crippen LogP contribution < -0.4 is 5.73 Å². The highest BCUT2D eigenvalue weighted by molar-refractivity contribution is 7.80. The van der Waals surface area contributed by atoms with Crippen LogP contribution in [0.1, 0.15) is 6.92 Å². The van der Waals surface area contributed by atoms with Gasteiger partial charge in [-0.25, -0.2) is 0 Å². The minimum atomic E-state index is -0.266. The predicted molar refractivity (Wildman–Crippen MR) is 48.8 cm³/mol. The van der Waals surface area contributed by atoms with Crippen molar-refractivity contribution < 1.29 is 9.53 Å². The molecular weight excluding hydrogens is 176 g/mol. The summed E-state index contributed by atoms with van der Waals surface area (Å²) < 4.78 is 5.26. The van der Waals surface area contributed by atoms with Gasteiger partial charge in [-0.3, -0.25) is 4.79 Å². The number of rotatable bonds is 1. The van der Waals surface area contributed by atoms with Gasteiger partial charge >= 0.3 is 0 Å². The van der Waals surface area contributed by atoms with Crippen molar-refractivity contribution in [2.24, 2.45) is 5.73 Å². The summed E-state index contributed by atoms with van der Waals surface area (Å²) in [6, 6.07) is 0. The Bertz CT molecular complexity index is 188. The number of amides is 1. The number of nitrogens with zero attached hydrogens (tertiary/aromatic N) is 1. The lowest BCUT2D eigenvalue weighted by atomic mass is 10.2. The van der Waals surface area contributed by atoms with E-state index in [4.69, 9.17) is 22.7 Å². The van der Waals surface area contributed by atoms with E-state index in [1.54, 1.807) is 4.90 Å². The summed E-state index contributed by atoms with van der Waals surface area (Å²) >= 11 is 4.77. The number of thiocarbonyl (C=S) groups is 1. The molecule has 4 nitrogen and oxygen atoms in total. The summed E-state index contributed by atoms with van der Waals surface area (Å²) in [6.45, 7) is 3.17. The highest BCUT2D eigenvalue weighted by atomic mass is 32.1. The molecule has 0 radical (unpaired) electrons. The fourth-order valence-electron chi connectivity index (χ4n) is 1.11. The van der Waals surface area contributed by atoms with Crippen LogP contribution in [-0.2, 0) is 9.53 Å². The molecule has 1 heterocycles. The zero-order valence-electron chi connectivity index (χ0n) is 6.95. The van der Waals surface area contributed by atoms with E-state index in [9.17, 15) is 4.79 Å². The smallest absolute Gasteiger partial charge is 0.219 e. The minimum Gasteiger partial charge on any atom is -0.391 e. The molecule has 1 saturated heterocycles. The molecule has 1 amide bonds. The molecule has 0 aromatic heterocycles. The third-order valence-corrected chi connectivity index (χ3v) is 2.09. The first-order chi connectivity index (χ1) is 5.61. The third-order valence-electron chi connectivity index (χ3n) is 1.83. The van der Waals surface area contributed by atoms with E-state index >= 15 is 0 Å². The van der Waals surface area contributed by atoms with Crippen LogP contribution in [-0.4, -0.2) is 41.6 Å². The Labute approximate surface area is 76.7 Å². The maximum atomic E-state index is 11.0. The van der Waals surface area contributed by atoms with Crippen LogP contribution >= 0.6 is 12.2 Å². The molecule has 1 rings (SSSR count). The van der Waals surface area contributed by atoms with E-state index in [1.165, 1.54) is 6.92 Å². The lowest BCUT2D eigenvalue weighted by Crippen LogP contribution is -2.49. The molecule has 0 bridgehead atoms. The summed E-state index contributed by atoms with van der Waals surface area (Å²) in [6.07, 6.45) is -0.266. The van der Waals surface area contributed by atoms with E-state index in [0.717, 1.165) is 0 Å². The van der Waals surface area contributed by atoms with Gasteiger partial charge in [0.05, 0.1) is 13.2 Å². The molecule has 1 aliphatic rings. The quantitative estimate of drug-likeness (QED) is 0.565. The van der Waals surface area contributed by atoms with Gasteiger partial charge in [-0.15, -0.1) is 0 Å². The number of carbonyl (C=O) groups is 1. The van der Waals surface area contributed by atoms with Crippen molar-refractivity contribution in [2.75, 3.05) is 19.7 Å². The highest BCUT2D eigenvalue weighted by Gasteiger charge is 2.23. The Kier molecular flexibility index (Phi) is 2.99. The number of ether oxygens (including phenoxy) is 1. The Morgan fingerprint density at radius 2 is 2.42 bits per heavy atom. The van der Waals surface area contributed by atoms with Gasteiger partial charge in [0.1, 0.15) is 11.1 Å². The van der Waals surface area contributed by atoms with Gasteiger partial charge in [-0.1, -0.05) is 12.2 Å². The topological polar surface area (TPSA) is 55.6 Å². The molecule has 0 spiro atoms. The minimum absolute atomic E-state index is 0.0413. The summed E-state index contributed by atoms with van der Waals surface area (Å²) in [5.74, 6) is 0.0413. The first-order valence-corrected chi connectivity index (χ1v) is 4.18. The first-order valence-electron chi connectivity index (χ1n) is 3.77. The third kappa shape index (κ3) is 2.15. The van der Waals surface area contributed by atoms with Gasteiger partial charge in [-0.05, 0) is 0 Å². The SMILES string of the molecule is CC(=O)N1CCOC(C(N)=S)C1. The van der Waals surface area contributed by atoms with Crippen molar-refractivity contribution in [3.05, 3.63) is 0 Å². The van der Waals surface area contributed by atoms with Gasteiger partial charge in [0.15, 0.2) is 0 Å². The van der Waals surface area contributed by atoms with Crippen molar-refractivity contribution in [3.63, 3.8) is 0 Å². The maximum Gasteiger partial charge on any atom is 0.219 e. The molecule has 1 aliphatic heterocycles. The zero-order valence-corrected chi connectivity index (χ0v) is 7.76. The fourth-order valence-corrected chi connectivity index (χ4v) is 1.25. The molecule has 0 aromatic carbocycles. The molecule has 5 heteroatoms. The second-order valence-electron chi connectivity index (χ2n) is 2.73. The van der Waals surface area contributed by atoms with Gasteiger partial charge in [0.25, 0.3) is 0 Å². The van der Waals surface area contributed by atoms with Crippen molar-refractivity contribution in [1.82, 2.24) is 4.90 Å². The summed E-state index contributed by atoms with van der Waals surface area (Å²) in [4.78, 5) is 13.0. The number of hydrogen-bond acceptors (Lipinski definition) is 3. The van der Waals surface area contributed by atoms with Crippen molar-refractivity contribution in [1.29, 1.82) is 0 Å². The second kappa shape index (κ2) is 3.82. The fraction of sp³-hybridized carbons (Fsp3) is 0.714. The molecular formula is C7H12N2O2S. The Morgan fingerprint density at radius 3 is 2.92 bits per heavy atom. The van der Waals surface area contributed by atoms with Crippen LogP contribution in [0.3, 0.4) is 0 Å². The monoisotopic (exact) mass is 188 g/mol. The van der Waals surface area contributed by atoms with E-state index in [-0.39, 0.29) is 12.0 Å². The molecule has 0 saturated carbocycles. The largest absolute Gasteiger partial charge is 0.391 e. The van der Waals surface area contributed by atoms with Gasteiger partial charge in [0.2, 0.25) is 5.91 Å². The molecule has 0 aromatic rings. The molecule has 1 unspecified atom stereocenters. The average molecular weight is 188 g/mol. The Morgan fingerprint density at radius 1 is 1.75 bits per heavy atom. The number of nitrogens with two attached hydrogens (primary N) is 1. The lowest BCUT2D eigenvalue weighted by molar-refractivity contribution is -0.134. The van der Waals surface area contributed by atoms with Crippen LogP contribution in [0.2, 0.25) is 0 Å². The lowest BCUT2D eigenvalue weighted by Gasteiger charge is -2.31. The Balaban J connectivity index is 2.51. The van der Waals surface area contributed by atoms with E-state index in [1.807, 2.05) is 0 Å². The van der Waals surface area contributed by atoms with Crippen molar-refractivity contribution >= 4 is 23.1 Å². The van der Waals surface area contributed by atoms with Crippen LogP contribution in [0.4, 0.5) is 0 Å². The summed E-state index contributed by atoms with van der Waals surface area (Å²) in [5, 5.41) is 0. The average Bonchev–Trinajstić information content (AvgIpc) is 2.04. The molecule has 1 atom stereocenters. The van der Waals surface area contributed by atoms with E-state index in [0.29, 0.717) is 24.7 Å². The van der Waals surface area contributed by atoms with Crippen LogP contribution in [0.25, 0.3) is 0 Å². The molecule has 2 N–H and O–H groups in total. The van der Waals surface area contributed by atoms with Gasteiger partial charge in [0, 0.05) is 13.5 Å². The summed E-state index contributed by atoms with van der Waals surface area (Å²) in [5.41, 5.74) is 5.40. The number of carbonyl (C=O) groups excluding carboxylic acids is 1. The molecule has 12 heavy (non-hydrogen) atoms. The van der Waals surface area contributed by atoms with Gasteiger partial charge in [-0.2, -0.15) is 0 Å². The maximum absolute atomic E-state index is 11.0. The van der Waals surface area contributed by atoms with E-state index in [2.05, 4.69) is 0 Å². The molecule has 1 fully saturated rings. The standard InChI is InChI=1S/C7H12N2O2S/c1-5(10)9-2-3-11-6(4-9)7(8)12/h6H,2-4H2,1H3,(H2,8,12). The van der Waals surface area contributed by atoms with Crippen LogP contribution in [0.15, 0.2) is 0 Å².